The average Bonchev–Trinajstić information content (AvgIpc) is 2.45. The van der Waals surface area contributed by atoms with Crippen LogP contribution in [-0.4, -0.2) is 5.71 Å². The SMILES string of the molecule is CCCCc1ccc(C(=N)c2ccccc2)c(C)c1. The third-order valence-corrected chi connectivity index (χ3v) is 3.44. The molecule has 0 aliphatic rings. The molecule has 0 bridgehead atoms. The lowest BCUT2D eigenvalue weighted by Crippen LogP contribution is -2.04. The molecule has 0 aromatic heterocycles. The van der Waals surface area contributed by atoms with E-state index in [0.717, 1.165) is 17.5 Å². The van der Waals surface area contributed by atoms with Gasteiger partial charge in [-0.05, 0) is 30.9 Å². The second-order valence-electron chi connectivity index (χ2n) is 4.99. The van der Waals surface area contributed by atoms with E-state index < -0.39 is 0 Å². The summed E-state index contributed by atoms with van der Waals surface area (Å²) in [5.41, 5.74) is 5.20. The molecule has 0 amide bonds. The Balaban J connectivity index is 2.24. The summed E-state index contributed by atoms with van der Waals surface area (Å²) in [6.45, 7) is 4.31. The zero-order chi connectivity index (χ0) is 13.7. The second-order valence-corrected chi connectivity index (χ2v) is 4.99. The van der Waals surface area contributed by atoms with Gasteiger partial charge in [-0.1, -0.05) is 61.9 Å². The molecule has 0 unspecified atom stereocenters. The van der Waals surface area contributed by atoms with Crippen molar-refractivity contribution in [2.75, 3.05) is 0 Å². The standard InChI is InChI=1S/C18H21N/c1-3-4-8-15-11-12-17(14(2)13-15)18(19)16-9-6-5-7-10-16/h5-7,9-13,19H,3-4,8H2,1-2H3. The number of nitrogens with one attached hydrogen (secondary N) is 1. The summed E-state index contributed by atoms with van der Waals surface area (Å²) >= 11 is 0. The van der Waals surface area contributed by atoms with Crippen LogP contribution in [0.15, 0.2) is 48.5 Å². The van der Waals surface area contributed by atoms with E-state index in [4.69, 9.17) is 5.41 Å². The van der Waals surface area contributed by atoms with Crippen molar-refractivity contribution in [1.29, 1.82) is 5.41 Å². The second kappa shape index (κ2) is 6.33. The van der Waals surface area contributed by atoms with Gasteiger partial charge >= 0.3 is 0 Å². The van der Waals surface area contributed by atoms with Crippen LogP contribution in [0.4, 0.5) is 0 Å². The van der Waals surface area contributed by atoms with Crippen LogP contribution < -0.4 is 0 Å². The highest BCUT2D eigenvalue weighted by atomic mass is 14.4. The number of aryl methyl sites for hydroxylation is 2. The van der Waals surface area contributed by atoms with Crippen LogP contribution in [0.5, 0.6) is 0 Å². The van der Waals surface area contributed by atoms with E-state index in [1.807, 2.05) is 30.3 Å². The van der Waals surface area contributed by atoms with Gasteiger partial charge in [0, 0.05) is 11.1 Å². The predicted molar refractivity (Wildman–Crippen MR) is 82.2 cm³/mol. The van der Waals surface area contributed by atoms with Crippen LogP contribution >= 0.6 is 0 Å². The molecular weight excluding hydrogens is 230 g/mol. The first-order valence-electron chi connectivity index (χ1n) is 6.96. The molecule has 19 heavy (non-hydrogen) atoms. The minimum absolute atomic E-state index is 0.611. The van der Waals surface area contributed by atoms with Crippen molar-refractivity contribution >= 4 is 5.71 Å². The molecule has 0 atom stereocenters. The minimum atomic E-state index is 0.611. The number of hydrogen-bond donors (Lipinski definition) is 1. The summed E-state index contributed by atoms with van der Waals surface area (Å²) < 4.78 is 0. The first kappa shape index (κ1) is 13.5. The average molecular weight is 251 g/mol. The molecule has 2 rings (SSSR count). The Kier molecular flexibility index (Phi) is 4.51. The highest BCUT2D eigenvalue weighted by Gasteiger charge is 2.07. The first-order valence-corrected chi connectivity index (χ1v) is 6.96. The fraction of sp³-hybridized carbons (Fsp3) is 0.278. The Hall–Kier alpha value is -1.89. The van der Waals surface area contributed by atoms with E-state index in [1.165, 1.54) is 24.0 Å². The predicted octanol–water partition coefficient (Wildman–Crippen LogP) is 4.75. The highest BCUT2D eigenvalue weighted by Crippen LogP contribution is 2.17. The van der Waals surface area contributed by atoms with E-state index in [0.29, 0.717) is 5.71 Å². The Morgan fingerprint density at radius 1 is 1.05 bits per heavy atom. The molecule has 1 nitrogen and oxygen atoms in total. The summed E-state index contributed by atoms with van der Waals surface area (Å²) in [7, 11) is 0. The van der Waals surface area contributed by atoms with Gasteiger partial charge in [0.15, 0.2) is 0 Å². The molecule has 2 aromatic carbocycles. The fourth-order valence-corrected chi connectivity index (χ4v) is 2.30. The molecule has 0 saturated heterocycles. The molecule has 0 saturated carbocycles. The van der Waals surface area contributed by atoms with E-state index in [1.54, 1.807) is 0 Å². The maximum atomic E-state index is 8.32. The summed E-state index contributed by atoms with van der Waals surface area (Å²) in [4.78, 5) is 0. The Morgan fingerprint density at radius 2 is 1.79 bits per heavy atom. The number of unbranched alkanes of at least 4 members (excludes halogenated alkanes) is 1. The number of rotatable bonds is 5. The van der Waals surface area contributed by atoms with Gasteiger partial charge in [0.1, 0.15) is 0 Å². The maximum Gasteiger partial charge on any atom is 0.0687 e. The molecule has 0 heterocycles. The lowest BCUT2D eigenvalue weighted by molar-refractivity contribution is 0.794. The molecule has 0 aliphatic heterocycles. The third kappa shape index (κ3) is 3.31. The van der Waals surface area contributed by atoms with Crippen LogP contribution in [0.25, 0.3) is 0 Å². The van der Waals surface area contributed by atoms with Crippen LogP contribution in [0.1, 0.15) is 42.0 Å². The topological polar surface area (TPSA) is 23.9 Å². The normalized spacial score (nSPS) is 10.4. The zero-order valence-corrected chi connectivity index (χ0v) is 11.7. The van der Waals surface area contributed by atoms with E-state index in [9.17, 15) is 0 Å². The van der Waals surface area contributed by atoms with Crippen molar-refractivity contribution < 1.29 is 0 Å². The van der Waals surface area contributed by atoms with Crippen LogP contribution in [0, 0.1) is 12.3 Å². The van der Waals surface area contributed by atoms with Crippen molar-refractivity contribution in [3.05, 3.63) is 70.8 Å². The van der Waals surface area contributed by atoms with Crippen LogP contribution in [0.3, 0.4) is 0 Å². The maximum absolute atomic E-state index is 8.32. The van der Waals surface area contributed by atoms with Gasteiger partial charge in [-0.25, -0.2) is 0 Å². The van der Waals surface area contributed by atoms with Crippen molar-refractivity contribution in [1.82, 2.24) is 0 Å². The molecular formula is C18H21N. The van der Waals surface area contributed by atoms with Gasteiger partial charge in [0.2, 0.25) is 0 Å². The van der Waals surface area contributed by atoms with Gasteiger partial charge in [-0.3, -0.25) is 5.41 Å². The summed E-state index contributed by atoms with van der Waals surface area (Å²) in [6, 6.07) is 16.4. The van der Waals surface area contributed by atoms with Gasteiger partial charge in [0.05, 0.1) is 5.71 Å². The van der Waals surface area contributed by atoms with Gasteiger partial charge in [0.25, 0.3) is 0 Å². The monoisotopic (exact) mass is 251 g/mol. The summed E-state index contributed by atoms with van der Waals surface area (Å²) in [5.74, 6) is 0. The molecule has 1 N–H and O–H groups in total. The van der Waals surface area contributed by atoms with Gasteiger partial charge in [-0.15, -0.1) is 0 Å². The van der Waals surface area contributed by atoms with Gasteiger partial charge < -0.3 is 0 Å². The molecule has 98 valence electrons. The Morgan fingerprint density at radius 3 is 2.42 bits per heavy atom. The first-order chi connectivity index (χ1) is 9.22. The van der Waals surface area contributed by atoms with Crippen LogP contribution in [-0.2, 0) is 6.42 Å². The summed E-state index contributed by atoms with van der Waals surface area (Å²) in [5, 5.41) is 8.32. The van der Waals surface area contributed by atoms with Crippen molar-refractivity contribution in [2.24, 2.45) is 0 Å². The Labute approximate surface area is 115 Å². The van der Waals surface area contributed by atoms with Gasteiger partial charge in [-0.2, -0.15) is 0 Å². The number of hydrogen-bond acceptors (Lipinski definition) is 1. The smallest absolute Gasteiger partial charge is 0.0687 e. The van der Waals surface area contributed by atoms with E-state index in [-0.39, 0.29) is 0 Å². The molecule has 0 spiro atoms. The quantitative estimate of drug-likeness (QED) is 0.741. The molecule has 0 radical (unpaired) electrons. The fourth-order valence-electron chi connectivity index (χ4n) is 2.30. The largest absolute Gasteiger partial charge is 0.300 e. The lowest BCUT2D eigenvalue weighted by Gasteiger charge is -2.10. The molecule has 2 aromatic rings. The van der Waals surface area contributed by atoms with E-state index in [2.05, 4.69) is 32.0 Å². The van der Waals surface area contributed by atoms with E-state index >= 15 is 0 Å². The van der Waals surface area contributed by atoms with Crippen molar-refractivity contribution in [3.8, 4) is 0 Å². The lowest BCUT2D eigenvalue weighted by atomic mass is 9.95. The zero-order valence-electron chi connectivity index (χ0n) is 11.7. The third-order valence-electron chi connectivity index (χ3n) is 3.44. The summed E-state index contributed by atoms with van der Waals surface area (Å²) in [6.07, 6.45) is 3.59. The molecule has 0 aliphatic carbocycles. The molecule has 0 fully saturated rings. The Bertz CT molecular complexity index is 555. The van der Waals surface area contributed by atoms with Crippen LogP contribution in [0.2, 0.25) is 0 Å². The van der Waals surface area contributed by atoms with Crippen molar-refractivity contribution in [2.45, 2.75) is 33.1 Å². The number of benzene rings is 2. The molecule has 1 heteroatoms. The van der Waals surface area contributed by atoms with Crippen molar-refractivity contribution in [3.63, 3.8) is 0 Å². The highest BCUT2D eigenvalue weighted by molar-refractivity contribution is 6.11. The minimum Gasteiger partial charge on any atom is -0.300 e.